The monoisotopic (exact) mass is 330 g/mol. The van der Waals surface area contributed by atoms with Gasteiger partial charge < -0.3 is 4.90 Å². The van der Waals surface area contributed by atoms with Crippen LogP contribution in [0.3, 0.4) is 0 Å². The third-order valence-electron chi connectivity index (χ3n) is 4.05. The molecule has 0 N–H and O–H groups in total. The number of rotatable bonds is 4. The first-order valence-corrected chi connectivity index (χ1v) is 8.27. The fourth-order valence-electron chi connectivity index (χ4n) is 2.66. The highest BCUT2D eigenvalue weighted by Gasteiger charge is 2.17. The molecule has 1 amide bonds. The smallest absolute Gasteiger partial charge is 0.237 e. The lowest BCUT2D eigenvalue weighted by atomic mass is 9.98. The molecule has 120 valence electrons. The summed E-state index contributed by atoms with van der Waals surface area (Å²) in [6.45, 7) is 4.21. The average molecular weight is 331 g/mol. The van der Waals surface area contributed by atoms with Gasteiger partial charge in [-0.3, -0.25) is 9.48 Å². The van der Waals surface area contributed by atoms with Crippen LogP contribution in [0.5, 0.6) is 0 Å². The molecule has 0 unspecified atom stereocenters. The number of hydrogen-bond acceptors (Lipinski definition) is 3. The maximum Gasteiger partial charge on any atom is 0.237 e. The third-order valence-corrected chi connectivity index (χ3v) is 4.28. The van der Waals surface area contributed by atoms with Gasteiger partial charge in [0.1, 0.15) is 12.2 Å². The SMILES string of the molecule is CCn1cnc(-c2ccc(C3=CCN(C(=O)CCl)CC3)cc2)n1. The molecule has 23 heavy (non-hydrogen) atoms. The Bertz CT molecular complexity index is 720. The molecule has 0 spiro atoms. The van der Waals surface area contributed by atoms with Crippen LogP contribution in [0.4, 0.5) is 0 Å². The summed E-state index contributed by atoms with van der Waals surface area (Å²) in [4.78, 5) is 17.7. The fraction of sp³-hybridized carbons (Fsp3) is 0.353. The van der Waals surface area contributed by atoms with Gasteiger partial charge in [-0.05, 0) is 24.5 Å². The van der Waals surface area contributed by atoms with Crippen LogP contribution >= 0.6 is 11.6 Å². The first-order valence-electron chi connectivity index (χ1n) is 7.74. The second-order valence-corrected chi connectivity index (χ2v) is 5.72. The van der Waals surface area contributed by atoms with Gasteiger partial charge in [-0.1, -0.05) is 30.3 Å². The maximum absolute atomic E-state index is 11.6. The molecular weight excluding hydrogens is 312 g/mol. The van der Waals surface area contributed by atoms with E-state index in [1.54, 1.807) is 11.2 Å². The summed E-state index contributed by atoms with van der Waals surface area (Å²) in [5.41, 5.74) is 3.46. The Morgan fingerprint density at radius 3 is 2.57 bits per heavy atom. The van der Waals surface area contributed by atoms with E-state index in [9.17, 15) is 4.79 Å². The molecule has 5 nitrogen and oxygen atoms in total. The van der Waals surface area contributed by atoms with Crippen LogP contribution in [0.2, 0.25) is 0 Å². The van der Waals surface area contributed by atoms with Gasteiger partial charge in [0, 0.05) is 25.2 Å². The van der Waals surface area contributed by atoms with E-state index >= 15 is 0 Å². The third kappa shape index (κ3) is 3.45. The molecule has 0 atom stereocenters. The molecule has 2 heterocycles. The Balaban J connectivity index is 1.73. The molecular formula is C17H19ClN4O. The zero-order valence-corrected chi connectivity index (χ0v) is 13.8. The molecule has 2 aromatic rings. The van der Waals surface area contributed by atoms with Crippen molar-refractivity contribution in [3.63, 3.8) is 0 Å². The summed E-state index contributed by atoms with van der Waals surface area (Å²) in [6.07, 6.45) is 4.70. The van der Waals surface area contributed by atoms with Crippen LogP contribution in [0, 0.1) is 0 Å². The minimum atomic E-state index is -0.00472. The molecule has 1 aliphatic heterocycles. The van der Waals surface area contributed by atoms with Gasteiger partial charge in [0.2, 0.25) is 5.91 Å². The van der Waals surface area contributed by atoms with E-state index in [1.165, 1.54) is 11.1 Å². The van der Waals surface area contributed by atoms with Crippen molar-refractivity contribution >= 4 is 23.1 Å². The highest BCUT2D eigenvalue weighted by molar-refractivity contribution is 6.27. The predicted octanol–water partition coefficient (Wildman–Crippen LogP) is 2.82. The van der Waals surface area contributed by atoms with E-state index < -0.39 is 0 Å². The van der Waals surface area contributed by atoms with Crippen LogP contribution in [0.15, 0.2) is 36.7 Å². The van der Waals surface area contributed by atoms with Gasteiger partial charge in [-0.25, -0.2) is 4.98 Å². The summed E-state index contributed by atoms with van der Waals surface area (Å²) in [5, 5.41) is 4.41. The first kappa shape index (κ1) is 15.7. The molecule has 1 aliphatic rings. The summed E-state index contributed by atoms with van der Waals surface area (Å²) in [6, 6.07) is 8.27. The van der Waals surface area contributed by atoms with Crippen molar-refractivity contribution in [3.05, 3.63) is 42.2 Å². The minimum absolute atomic E-state index is 0.00472. The summed E-state index contributed by atoms with van der Waals surface area (Å²) in [5.74, 6) is 0.791. The molecule has 0 fully saturated rings. The molecule has 0 aliphatic carbocycles. The van der Waals surface area contributed by atoms with Gasteiger partial charge in [-0.2, -0.15) is 5.10 Å². The van der Waals surface area contributed by atoms with E-state index in [1.807, 2.05) is 23.7 Å². The molecule has 3 rings (SSSR count). The fourth-order valence-corrected chi connectivity index (χ4v) is 2.82. The number of alkyl halides is 1. The van der Waals surface area contributed by atoms with Gasteiger partial charge in [0.05, 0.1) is 0 Å². The minimum Gasteiger partial charge on any atom is -0.338 e. The van der Waals surface area contributed by atoms with Crippen LogP contribution in [-0.4, -0.2) is 44.5 Å². The van der Waals surface area contributed by atoms with Crippen LogP contribution < -0.4 is 0 Å². The Morgan fingerprint density at radius 2 is 2.00 bits per heavy atom. The second kappa shape index (κ2) is 6.96. The van der Waals surface area contributed by atoms with Crippen LogP contribution in [-0.2, 0) is 11.3 Å². The Morgan fingerprint density at radius 1 is 1.26 bits per heavy atom. The van der Waals surface area contributed by atoms with Crippen molar-refractivity contribution < 1.29 is 4.79 Å². The van der Waals surface area contributed by atoms with E-state index in [2.05, 4.69) is 28.3 Å². The highest BCUT2D eigenvalue weighted by atomic mass is 35.5. The van der Waals surface area contributed by atoms with E-state index in [0.29, 0.717) is 6.54 Å². The van der Waals surface area contributed by atoms with Crippen molar-refractivity contribution in [2.45, 2.75) is 19.9 Å². The molecule has 1 aromatic heterocycles. The molecule has 0 radical (unpaired) electrons. The van der Waals surface area contributed by atoms with Gasteiger partial charge in [0.15, 0.2) is 5.82 Å². The zero-order valence-electron chi connectivity index (χ0n) is 13.1. The molecule has 6 heteroatoms. The lowest BCUT2D eigenvalue weighted by Gasteiger charge is -2.26. The van der Waals surface area contributed by atoms with E-state index in [4.69, 9.17) is 11.6 Å². The molecule has 1 aromatic carbocycles. The number of carbonyl (C=O) groups is 1. The summed E-state index contributed by atoms with van der Waals surface area (Å²) >= 11 is 5.60. The van der Waals surface area contributed by atoms with Gasteiger partial charge in [-0.15, -0.1) is 11.6 Å². The zero-order chi connectivity index (χ0) is 16.2. The Kier molecular flexibility index (Phi) is 4.76. The standard InChI is InChI=1S/C17H19ClN4O/c1-2-22-12-19-17(20-22)15-5-3-13(4-6-15)14-7-9-21(10-8-14)16(23)11-18/h3-7,12H,2,8-11H2,1H3. The number of hydrogen-bond donors (Lipinski definition) is 0. The Labute approximate surface area is 140 Å². The topological polar surface area (TPSA) is 51.0 Å². The number of benzene rings is 1. The van der Waals surface area contributed by atoms with Crippen molar-refractivity contribution in [2.24, 2.45) is 0 Å². The van der Waals surface area contributed by atoms with Crippen LogP contribution in [0.1, 0.15) is 18.9 Å². The summed E-state index contributed by atoms with van der Waals surface area (Å²) < 4.78 is 1.81. The normalized spacial score (nSPS) is 14.7. The second-order valence-electron chi connectivity index (χ2n) is 5.45. The van der Waals surface area contributed by atoms with Crippen molar-refractivity contribution in [3.8, 4) is 11.4 Å². The van der Waals surface area contributed by atoms with Crippen LogP contribution in [0.25, 0.3) is 17.0 Å². The van der Waals surface area contributed by atoms with E-state index in [0.717, 1.165) is 30.9 Å². The van der Waals surface area contributed by atoms with Crippen molar-refractivity contribution in [1.29, 1.82) is 0 Å². The summed E-state index contributed by atoms with van der Waals surface area (Å²) in [7, 11) is 0. The highest BCUT2D eigenvalue weighted by Crippen LogP contribution is 2.24. The van der Waals surface area contributed by atoms with E-state index in [-0.39, 0.29) is 11.8 Å². The van der Waals surface area contributed by atoms with Gasteiger partial charge in [0.25, 0.3) is 0 Å². The quantitative estimate of drug-likeness (QED) is 0.810. The largest absolute Gasteiger partial charge is 0.338 e. The number of amides is 1. The molecule has 0 bridgehead atoms. The maximum atomic E-state index is 11.6. The first-order chi connectivity index (χ1) is 11.2. The number of carbonyl (C=O) groups excluding carboxylic acids is 1. The molecule has 0 saturated heterocycles. The van der Waals surface area contributed by atoms with Gasteiger partial charge >= 0.3 is 0 Å². The average Bonchev–Trinajstić information content (AvgIpc) is 3.10. The predicted molar refractivity (Wildman–Crippen MR) is 91.0 cm³/mol. The van der Waals surface area contributed by atoms with Crippen molar-refractivity contribution in [1.82, 2.24) is 19.7 Å². The number of aryl methyl sites for hydroxylation is 1. The Hall–Kier alpha value is -2.14. The lowest BCUT2D eigenvalue weighted by molar-refractivity contribution is -0.128. The van der Waals surface area contributed by atoms with Crippen molar-refractivity contribution in [2.75, 3.05) is 19.0 Å². The number of aromatic nitrogens is 3. The number of nitrogens with zero attached hydrogens (tertiary/aromatic N) is 4. The number of halogens is 1. The molecule has 0 saturated carbocycles. The lowest BCUT2D eigenvalue weighted by Crippen LogP contribution is -2.35.